The van der Waals surface area contributed by atoms with Crippen LogP contribution >= 0.6 is 11.8 Å². The lowest BCUT2D eigenvalue weighted by Gasteiger charge is -2.28. The summed E-state index contributed by atoms with van der Waals surface area (Å²) < 4.78 is 4.85. The van der Waals surface area contributed by atoms with Crippen molar-refractivity contribution in [1.29, 1.82) is 0 Å². The maximum atomic E-state index is 11.4. The molecule has 1 rings (SSSR count). The molecule has 0 radical (unpaired) electrons. The number of nitrogens with zero attached hydrogens (tertiary/aromatic N) is 1. The van der Waals surface area contributed by atoms with Crippen molar-refractivity contribution in [3.05, 3.63) is 0 Å². The first-order valence-corrected chi connectivity index (χ1v) is 6.81. The number of hydrogen-bond acceptors (Lipinski definition) is 4. The Labute approximate surface area is 107 Å². The Bertz CT molecular complexity index is 284. The molecule has 17 heavy (non-hydrogen) atoms. The number of methoxy groups -OCH3 is 1. The van der Waals surface area contributed by atoms with Gasteiger partial charge in [0.05, 0.1) is 6.61 Å². The van der Waals surface area contributed by atoms with E-state index in [-0.39, 0.29) is 12.5 Å². The van der Waals surface area contributed by atoms with E-state index in [9.17, 15) is 4.79 Å². The van der Waals surface area contributed by atoms with Gasteiger partial charge in [-0.1, -0.05) is 18.7 Å². The monoisotopic (exact) mass is 259 g/mol. The summed E-state index contributed by atoms with van der Waals surface area (Å²) in [6, 6.07) is 0.423. The molecule has 2 N–H and O–H groups in total. The third kappa shape index (κ3) is 5.41. The maximum Gasteiger partial charge on any atom is 0.241 e. The molecule has 0 saturated carbocycles. The zero-order valence-corrected chi connectivity index (χ0v) is 11.5. The van der Waals surface area contributed by atoms with Gasteiger partial charge in [0.2, 0.25) is 5.91 Å². The molecule has 1 heterocycles. The fourth-order valence-electron chi connectivity index (χ4n) is 1.32. The van der Waals surface area contributed by atoms with Crippen LogP contribution in [-0.4, -0.2) is 49.7 Å². The topological polar surface area (TPSA) is 62.7 Å². The Morgan fingerprint density at radius 2 is 2.41 bits per heavy atom. The van der Waals surface area contributed by atoms with Gasteiger partial charge in [0.25, 0.3) is 0 Å². The maximum absolute atomic E-state index is 11.4. The molecule has 2 unspecified atom stereocenters. The van der Waals surface area contributed by atoms with Gasteiger partial charge in [-0.15, -0.1) is 0 Å². The van der Waals surface area contributed by atoms with Crippen LogP contribution in [0.25, 0.3) is 0 Å². The Hall–Kier alpha value is -0.750. The fraction of sp³-hybridized carbons (Fsp3) is 0.818. The lowest BCUT2D eigenvalue weighted by Crippen LogP contribution is -2.42. The minimum atomic E-state index is -0.0665. The normalized spacial score (nSPS) is 26.6. The highest BCUT2D eigenvalue weighted by Gasteiger charge is 2.20. The van der Waals surface area contributed by atoms with Crippen molar-refractivity contribution >= 4 is 22.8 Å². The van der Waals surface area contributed by atoms with E-state index in [1.165, 1.54) is 0 Å². The minimum absolute atomic E-state index is 0.0665. The van der Waals surface area contributed by atoms with Gasteiger partial charge in [-0.2, -0.15) is 0 Å². The molecule has 5 nitrogen and oxygen atoms in total. The van der Waals surface area contributed by atoms with Gasteiger partial charge in [0.1, 0.15) is 6.54 Å². The van der Waals surface area contributed by atoms with Crippen LogP contribution in [-0.2, 0) is 9.53 Å². The van der Waals surface area contributed by atoms with Crippen molar-refractivity contribution in [2.75, 3.05) is 32.6 Å². The van der Waals surface area contributed by atoms with Crippen molar-refractivity contribution in [3.8, 4) is 0 Å². The van der Waals surface area contributed by atoms with Crippen molar-refractivity contribution in [3.63, 3.8) is 0 Å². The van der Waals surface area contributed by atoms with Gasteiger partial charge in [-0.3, -0.25) is 9.79 Å². The predicted octanol–water partition coefficient (Wildman–Crippen LogP) is 0.466. The number of hydrogen-bond donors (Lipinski definition) is 2. The van der Waals surface area contributed by atoms with E-state index < -0.39 is 0 Å². The molecule has 98 valence electrons. The van der Waals surface area contributed by atoms with Crippen LogP contribution in [0.3, 0.4) is 0 Å². The van der Waals surface area contributed by atoms with E-state index in [0.717, 1.165) is 10.9 Å². The van der Waals surface area contributed by atoms with Crippen LogP contribution < -0.4 is 10.6 Å². The molecule has 6 heteroatoms. The number of amidine groups is 1. The second-order valence-corrected chi connectivity index (χ2v) is 5.19. The molecule has 0 aromatic rings. The summed E-state index contributed by atoms with van der Waals surface area (Å²) >= 11 is 1.68. The molecular formula is C11H21N3O2S. The molecule has 1 saturated heterocycles. The van der Waals surface area contributed by atoms with Crippen molar-refractivity contribution in [2.45, 2.75) is 19.9 Å². The molecule has 1 aliphatic heterocycles. The standard InChI is InChI=1S/C11H21N3O2S/c1-8-7-17-11(14-9(8)2)13-6-10(15)12-4-5-16-3/h8-9H,4-7H2,1-3H3,(H,12,15)(H,13,14). The van der Waals surface area contributed by atoms with E-state index in [1.807, 2.05) is 0 Å². The molecule has 0 aliphatic carbocycles. The minimum Gasteiger partial charge on any atom is -0.383 e. The molecule has 1 amide bonds. The van der Waals surface area contributed by atoms with Crippen molar-refractivity contribution < 1.29 is 9.53 Å². The van der Waals surface area contributed by atoms with Crippen LogP contribution in [0.15, 0.2) is 4.99 Å². The highest BCUT2D eigenvalue weighted by molar-refractivity contribution is 8.13. The number of nitrogens with one attached hydrogen (secondary N) is 2. The van der Waals surface area contributed by atoms with Crippen LogP contribution in [0.5, 0.6) is 0 Å². The van der Waals surface area contributed by atoms with Gasteiger partial charge in [0, 0.05) is 25.4 Å². The van der Waals surface area contributed by atoms with E-state index in [0.29, 0.717) is 25.1 Å². The summed E-state index contributed by atoms with van der Waals surface area (Å²) in [6.45, 7) is 5.59. The SMILES string of the molecule is COCCNC(=O)CN=C1NC(C)C(C)CS1. The zero-order valence-electron chi connectivity index (χ0n) is 10.7. The summed E-state index contributed by atoms with van der Waals surface area (Å²) in [7, 11) is 1.61. The Morgan fingerprint density at radius 3 is 3.06 bits per heavy atom. The number of thioether (sulfide) groups is 1. The van der Waals surface area contributed by atoms with Crippen LogP contribution in [0.4, 0.5) is 0 Å². The lowest BCUT2D eigenvalue weighted by molar-refractivity contribution is -0.119. The van der Waals surface area contributed by atoms with E-state index in [2.05, 4.69) is 29.5 Å². The number of amides is 1. The number of carbonyl (C=O) groups is 1. The summed E-state index contributed by atoms with van der Waals surface area (Å²) in [5.74, 6) is 1.62. The highest BCUT2D eigenvalue weighted by atomic mass is 32.2. The largest absolute Gasteiger partial charge is 0.383 e. The smallest absolute Gasteiger partial charge is 0.241 e. The van der Waals surface area contributed by atoms with E-state index in [4.69, 9.17) is 4.74 Å². The Morgan fingerprint density at radius 1 is 1.65 bits per heavy atom. The van der Waals surface area contributed by atoms with Gasteiger partial charge in [-0.05, 0) is 12.8 Å². The van der Waals surface area contributed by atoms with Crippen molar-refractivity contribution in [2.24, 2.45) is 10.9 Å². The molecular weight excluding hydrogens is 238 g/mol. The zero-order chi connectivity index (χ0) is 12.7. The quantitative estimate of drug-likeness (QED) is 0.704. The third-order valence-electron chi connectivity index (χ3n) is 2.68. The van der Waals surface area contributed by atoms with E-state index in [1.54, 1.807) is 18.9 Å². The average molecular weight is 259 g/mol. The molecule has 1 fully saturated rings. The number of carbonyl (C=O) groups excluding carboxylic acids is 1. The number of aliphatic imine (C=N–C) groups is 1. The first kappa shape index (κ1) is 14.3. The third-order valence-corrected chi connectivity index (χ3v) is 3.90. The fourth-order valence-corrected chi connectivity index (χ4v) is 2.45. The molecule has 0 spiro atoms. The molecule has 2 atom stereocenters. The van der Waals surface area contributed by atoms with Gasteiger partial charge in [-0.25, -0.2) is 0 Å². The van der Waals surface area contributed by atoms with Gasteiger partial charge < -0.3 is 15.4 Å². The first-order valence-electron chi connectivity index (χ1n) is 5.83. The summed E-state index contributed by atoms with van der Waals surface area (Å²) in [6.07, 6.45) is 0. The van der Waals surface area contributed by atoms with Gasteiger partial charge in [0.15, 0.2) is 5.17 Å². The van der Waals surface area contributed by atoms with Crippen LogP contribution in [0, 0.1) is 5.92 Å². The first-order chi connectivity index (χ1) is 8.13. The molecule has 1 aliphatic rings. The highest BCUT2D eigenvalue weighted by Crippen LogP contribution is 2.18. The average Bonchev–Trinajstić information content (AvgIpc) is 2.31. The summed E-state index contributed by atoms with van der Waals surface area (Å²) in [5.41, 5.74) is 0. The number of ether oxygens (including phenoxy) is 1. The number of rotatable bonds is 5. The Balaban J connectivity index is 2.26. The second kappa shape index (κ2) is 7.55. The van der Waals surface area contributed by atoms with Gasteiger partial charge >= 0.3 is 0 Å². The predicted molar refractivity (Wildman–Crippen MR) is 71.4 cm³/mol. The van der Waals surface area contributed by atoms with Crippen molar-refractivity contribution in [1.82, 2.24) is 10.6 Å². The molecule has 0 aromatic heterocycles. The summed E-state index contributed by atoms with van der Waals surface area (Å²) in [4.78, 5) is 15.7. The van der Waals surface area contributed by atoms with Crippen LogP contribution in [0.2, 0.25) is 0 Å². The molecule has 0 aromatic carbocycles. The van der Waals surface area contributed by atoms with E-state index >= 15 is 0 Å². The Kier molecular flexibility index (Phi) is 6.36. The summed E-state index contributed by atoms with van der Waals surface area (Å²) in [5, 5.41) is 6.90. The lowest BCUT2D eigenvalue weighted by atomic mass is 10.1. The molecule has 0 bridgehead atoms. The second-order valence-electron chi connectivity index (χ2n) is 4.19. The van der Waals surface area contributed by atoms with Crippen LogP contribution in [0.1, 0.15) is 13.8 Å².